The molecule has 0 amide bonds. The molecule has 2 aromatic rings. The Hall–Kier alpha value is -1.87. The van der Waals surface area contributed by atoms with Crippen molar-refractivity contribution >= 4 is 25.4 Å². The number of rotatable bonds is 3. The number of anilines is 1. The molecular weight excluding hydrogens is 349 g/mol. The van der Waals surface area contributed by atoms with Crippen LogP contribution in [0.15, 0.2) is 6.33 Å². The Kier molecular flexibility index (Phi) is 3.88. The van der Waals surface area contributed by atoms with Crippen LogP contribution in [-0.4, -0.2) is 44.9 Å². The molecule has 4 atom stereocenters. The molecular formula is C14H19N5O5P+. The fourth-order valence-corrected chi connectivity index (χ4v) is 4.28. The van der Waals surface area contributed by atoms with Crippen LogP contribution in [-0.2, 0) is 18.3 Å². The maximum absolute atomic E-state index is 11.6. The molecule has 2 aliphatic rings. The quantitative estimate of drug-likeness (QED) is 0.808. The van der Waals surface area contributed by atoms with Gasteiger partial charge in [0.05, 0.1) is 12.9 Å². The van der Waals surface area contributed by atoms with Gasteiger partial charge in [-0.15, -0.1) is 9.05 Å². The van der Waals surface area contributed by atoms with E-state index in [1.54, 1.807) is 10.9 Å². The van der Waals surface area contributed by atoms with Crippen LogP contribution in [0.4, 0.5) is 5.95 Å². The molecule has 0 spiro atoms. The average Bonchev–Trinajstić information content (AvgIpc) is 3.07. The molecule has 0 aliphatic carbocycles. The van der Waals surface area contributed by atoms with Crippen molar-refractivity contribution in [1.29, 1.82) is 0 Å². The normalized spacial score (nSPS) is 29.7. The average molecular weight is 368 g/mol. The summed E-state index contributed by atoms with van der Waals surface area (Å²) in [4.78, 5) is 12.8. The van der Waals surface area contributed by atoms with Crippen LogP contribution in [0, 0.1) is 5.41 Å². The molecule has 1 unspecified atom stereocenters. The zero-order valence-electron chi connectivity index (χ0n) is 14.1. The molecule has 0 radical (unpaired) electrons. The summed E-state index contributed by atoms with van der Waals surface area (Å²) in [5.41, 5.74) is 6.35. The second-order valence-corrected chi connectivity index (χ2v) is 7.45. The van der Waals surface area contributed by atoms with Crippen molar-refractivity contribution in [3.8, 4) is 5.88 Å². The Morgan fingerprint density at radius 1 is 1.48 bits per heavy atom. The lowest BCUT2D eigenvalue weighted by atomic mass is 9.84. The third-order valence-electron chi connectivity index (χ3n) is 4.50. The lowest BCUT2D eigenvalue weighted by molar-refractivity contribution is -0.0546. The molecule has 0 aromatic carbocycles. The molecule has 2 aliphatic heterocycles. The summed E-state index contributed by atoms with van der Waals surface area (Å²) in [6.07, 6.45) is 0.487. The topological polar surface area (TPSA) is 124 Å². The van der Waals surface area contributed by atoms with Gasteiger partial charge in [0.25, 0.3) is 0 Å². The van der Waals surface area contributed by atoms with E-state index in [2.05, 4.69) is 15.0 Å². The number of nitrogens with two attached hydrogens (primary N) is 1. The number of ether oxygens (including phenoxy) is 2. The maximum atomic E-state index is 11.6. The van der Waals surface area contributed by atoms with E-state index in [9.17, 15) is 4.57 Å². The van der Waals surface area contributed by atoms with Crippen LogP contribution in [0.2, 0.25) is 0 Å². The lowest BCUT2D eigenvalue weighted by Crippen LogP contribution is -2.39. The summed E-state index contributed by atoms with van der Waals surface area (Å²) < 4.78 is 35.6. The van der Waals surface area contributed by atoms with Crippen molar-refractivity contribution in [3.05, 3.63) is 6.33 Å². The van der Waals surface area contributed by atoms with Crippen molar-refractivity contribution in [3.63, 3.8) is 0 Å². The van der Waals surface area contributed by atoms with Crippen LogP contribution < -0.4 is 10.5 Å². The maximum Gasteiger partial charge on any atom is 0.697 e. The fourth-order valence-electron chi connectivity index (χ4n) is 3.36. The van der Waals surface area contributed by atoms with Gasteiger partial charge in [-0.3, -0.25) is 4.57 Å². The monoisotopic (exact) mass is 368 g/mol. The molecule has 2 fully saturated rings. The van der Waals surface area contributed by atoms with Crippen molar-refractivity contribution in [2.75, 3.05) is 18.9 Å². The van der Waals surface area contributed by atoms with Crippen molar-refractivity contribution in [1.82, 2.24) is 19.5 Å². The SMILES string of the molecule is CCOc1nc(N)nc2c1ncn2[C@@H]1O[C@@H]2CO[P+](=O)O[C@H]2C1(C)C. The molecule has 2 saturated heterocycles. The second kappa shape index (κ2) is 5.84. The summed E-state index contributed by atoms with van der Waals surface area (Å²) in [7, 11) is -2.13. The highest BCUT2D eigenvalue weighted by Gasteiger charge is 2.59. The largest absolute Gasteiger partial charge is 0.697 e. The zero-order valence-corrected chi connectivity index (χ0v) is 15.0. The van der Waals surface area contributed by atoms with Gasteiger partial charge in [0.2, 0.25) is 11.8 Å². The van der Waals surface area contributed by atoms with Gasteiger partial charge in [-0.2, -0.15) is 9.97 Å². The number of hydrogen-bond donors (Lipinski definition) is 1. The van der Waals surface area contributed by atoms with E-state index in [0.29, 0.717) is 23.7 Å². The van der Waals surface area contributed by atoms with Crippen LogP contribution >= 0.6 is 8.25 Å². The van der Waals surface area contributed by atoms with Gasteiger partial charge in [0.15, 0.2) is 17.3 Å². The van der Waals surface area contributed by atoms with Gasteiger partial charge in [-0.25, -0.2) is 4.98 Å². The molecule has 25 heavy (non-hydrogen) atoms. The molecule has 10 nitrogen and oxygen atoms in total. The fraction of sp³-hybridized carbons (Fsp3) is 0.643. The van der Waals surface area contributed by atoms with Crippen LogP contribution in [0.3, 0.4) is 0 Å². The Morgan fingerprint density at radius 2 is 2.28 bits per heavy atom. The number of fused-ring (bicyclic) bond motifs is 2. The third-order valence-corrected chi connectivity index (χ3v) is 5.25. The third kappa shape index (κ3) is 2.56. The summed E-state index contributed by atoms with van der Waals surface area (Å²) in [5.74, 6) is 0.424. The number of imidazole rings is 1. The Balaban J connectivity index is 1.78. The number of aromatic nitrogens is 4. The van der Waals surface area contributed by atoms with Gasteiger partial charge >= 0.3 is 8.25 Å². The van der Waals surface area contributed by atoms with Gasteiger partial charge in [0, 0.05) is 9.98 Å². The minimum atomic E-state index is -2.13. The first-order valence-corrected chi connectivity index (χ1v) is 9.06. The van der Waals surface area contributed by atoms with Crippen LogP contribution in [0.25, 0.3) is 11.2 Å². The summed E-state index contributed by atoms with van der Waals surface area (Å²) in [6.45, 7) is 6.47. The first kappa shape index (κ1) is 16.6. The van der Waals surface area contributed by atoms with E-state index in [1.807, 2.05) is 20.8 Å². The Labute approximate surface area is 144 Å². The first-order chi connectivity index (χ1) is 11.9. The summed E-state index contributed by atoms with van der Waals surface area (Å²) >= 11 is 0. The molecule has 11 heteroatoms. The molecule has 4 rings (SSSR count). The first-order valence-electron chi connectivity index (χ1n) is 7.97. The predicted octanol–water partition coefficient (Wildman–Crippen LogP) is 1.80. The van der Waals surface area contributed by atoms with Gasteiger partial charge in [0.1, 0.15) is 18.9 Å². The molecule has 4 heterocycles. The zero-order chi connectivity index (χ0) is 17.8. The Morgan fingerprint density at radius 3 is 3.04 bits per heavy atom. The predicted molar refractivity (Wildman–Crippen MR) is 87.0 cm³/mol. The highest BCUT2D eigenvalue weighted by atomic mass is 31.1. The number of nitrogen functional groups attached to an aromatic ring is 1. The minimum Gasteiger partial charge on any atom is -0.476 e. The van der Waals surface area contributed by atoms with Crippen LogP contribution in [0.1, 0.15) is 27.0 Å². The van der Waals surface area contributed by atoms with Crippen molar-refractivity contribution < 1.29 is 23.1 Å². The van der Waals surface area contributed by atoms with E-state index in [-0.39, 0.29) is 24.8 Å². The minimum absolute atomic E-state index is 0.0913. The van der Waals surface area contributed by atoms with E-state index in [4.69, 9.17) is 24.3 Å². The summed E-state index contributed by atoms with van der Waals surface area (Å²) in [6, 6.07) is 0. The van der Waals surface area contributed by atoms with E-state index in [0.717, 1.165) is 0 Å². The van der Waals surface area contributed by atoms with E-state index in [1.165, 1.54) is 0 Å². The Bertz CT molecular complexity index is 840. The highest BCUT2D eigenvalue weighted by Crippen LogP contribution is 2.52. The van der Waals surface area contributed by atoms with Gasteiger partial charge in [-0.1, -0.05) is 13.8 Å². The van der Waals surface area contributed by atoms with Gasteiger partial charge in [-0.05, 0) is 6.92 Å². The summed E-state index contributed by atoms with van der Waals surface area (Å²) in [5, 5.41) is 0. The standard InChI is InChI=1S/C14H19N5O5P/c1-4-21-11-8-10(17-13(15)18-11)19(6-16-8)12-14(2,3)9-7(23-12)5-22-25(20)24-9/h6-7,9,12H,4-5H2,1-3H3,(H2,15,17,18)/q+1/t7-,9-,12-/m1/s1. The van der Waals surface area contributed by atoms with E-state index >= 15 is 0 Å². The van der Waals surface area contributed by atoms with Crippen molar-refractivity contribution in [2.24, 2.45) is 5.41 Å². The number of hydrogen-bond acceptors (Lipinski definition) is 9. The smallest absolute Gasteiger partial charge is 0.476 e. The second-order valence-electron chi connectivity index (χ2n) is 6.54. The molecule has 2 N–H and O–H groups in total. The molecule has 0 bridgehead atoms. The molecule has 0 saturated carbocycles. The molecule has 2 aromatic heterocycles. The van der Waals surface area contributed by atoms with Gasteiger partial charge < -0.3 is 15.2 Å². The van der Waals surface area contributed by atoms with Crippen LogP contribution in [0.5, 0.6) is 5.88 Å². The number of nitrogens with zero attached hydrogens (tertiary/aromatic N) is 4. The lowest BCUT2D eigenvalue weighted by Gasteiger charge is -2.28. The highest BCUT2D eigenvalue weighted by molar-refractivity contribution is 7.33. The molecule has 134 valence electrons. The van der Waals surface area contributed by atoms with Crippen molar-refractivity contribution in [2.45, 2.75) is 39.2 Å². The van der Waals surface area contributed by atoms with E-state index < -0.39 is 19.9 Å².